The molecule has 0 aromatic carbocycles. The molecule has 0 amide bonds. The summed E-state index contributed by atoms with van der Waals surface area (Å²) in [6.07, 6.45) is 1.67. The zero-order valence-corrected chi connectivity index (χ0v) is 11.6. The maximum absolute atomic E-state index is 10.5. The first-order valence-corrected chi connectivity index (χ1v) is 6.30. The Kier molecular flexibility index (Phi) is 41.9. The first-order valence-electron chi connectivity index (χ1n) is 4.66. The van der Waals surface area contributed by atoms with Crippen LogP contribution >= 0.6 is 24.0 Å². The highest BCUT2D eigenvalue weighted by Crippen LogP contribution is 1.96. The average molecular weight is 345 g/mol. The largest absolute Gasteiger partial charge is 0.461 e. The molecule has 3 N–H and O–H groups in total. The molecule has 0 heterocycles. The van der Waals surface area contributed by atoms with Crippen molar-refractivity contribution in [3.05, 3.63) is 0 Å². The van der Waals surface area contributed by atoms with E-state index in [-0.39, 0.29) is 39.7 Å². The number of nitrogens with two attached hydrogens (primary N) is 1. The van der Waals surface area contributed by atoms with Gasteiger partial charge in [-0.05, 0) is 20.1 Å². The average Bonchev–Trinajstić information content (AvgIpc) is 2.29. The van der Waals surface area contributed by atoms with Crippen LogP contribution in [0.15, 0.2) is 0 Å². The van der Waals surface area contributed by atoms with Crippen LogP contribution in [0.2, 0.25) is 0 Å². The van der Waals surface area contributed by atoms with Gasteiger partial charge in [-0.3, -0.25) is 5.41 Å². The van der Waals surface area contributed by atoms with Gasteiger partial charge < -0.3 is 15.2 Å². The number of rotatable bonds is 2. The van der Waals surface area contributed by atoms with Gasteiger partial charge in [-0.15, -0.1) is 11.8 Å². The highest BCUT2D eigenvalue weighted by atomic mass is 32.2. The Morgan fingerprint density at radius 3 is 1.57 bits per heavy atom. The molecule has 0 fully saturated rings. The fourth-order valence-corrected chi connectivity index (χ4v) is 0.767. The molecule has 6 nitrogen and oxygen atoms in total. The fourth-order valence-electron chi connectivity index (χ4n) is 0.482. The van der Waals surface area contributed by atoms with Crippen LogP contribution in [-0.2, 0) is 19.1 Å². The third-order valence-electron chi connectivity index (χ3n) is 1.14. The van der Waals surface area contributed by atoms with E-state index in [1.54, 1.807) is 20.1 Å². The third kappa shape index (κ3) is 24.3. The molecule has 0 saturated heterocycles. The number of esters is 2. The summed E-state index contributed by atoms with van der Waals surface area (Å²) >= 11 is 5.37. The lowest BCUT2D eigenvalue weighted by Crippen LogP contribution is -2.23. The van der Waals surface area contributed by atoms with Crippen molar-refractivity contribution < 1.29 is 19.1 Å². The van der Waals surface area contributed by atoms with E-state index in [0.29, 0.717) is 13.2 Å². The maximum Gasteiger partial charge on any atom is 0.365 e. The number of hydrogen-bond acceptors (Lipinski definition) is 7. The lowest BCUT2D eigenvalue weighted by molar-refractivity contribution is -0.135. The van der Waals surface area contributed by atoms with E-state index >= 15 is 0 Å². The standard InChI is InChI=1S/C5H9NO2S.C4H7NO2S.4CH4/c1-3-8-5(7)4(6)9-2;1-2-7-4(6)3(5)8;;;;/h6H,3H2,1-2H3;2H2,1H3,(H2,5,8);4*1H4. The fraction of sp³-hybridized carbons (Fsp3) is 0.692. The van der Waals surface area contributed by atoms with Crippen molar-refractivity contribution in [3.8, 4) is 0 Å². The minimum atomic E-state index is -0.609. The molecule has 0 rings (SSSR count). The van der Waals surface area contributed by atoms with E-state index in [1.165, 1.54) is 0 Å². The Hall–Kier alpha value is -1.15. The van der Waals surface area contributed by atoms with Gasteiger partial charge in [-0.1, -0.05) is 41.9 Å². The van der Waals surface area contributed by atoms with Gasteiger partial charge in [0, 0.05) is 0 Å². The van der Waals surface area contributed by atoms with Gasteiger partial charge >= 0.3 is 11.9 Å². The monoisotopic (exact) mass is 344 g/mol. The highest BCUT2D eigenvalue weighted by molar-refractivity contribution is 8.14. The molecular formula is C13H32N2O4S2. The molecule has 0 radical (unpaired) electrons. The molecule has 8 heteroatoms. The molecule has 0 bridgehead atoms. The van der Waals surface area contributed by atoms with Crippen LogP contribution in [-0.4, -0.2) is 41.4 Å². The summed E-state index contributed by atoms with van der Waals surface area (Å²) in [5, 5.41) is 6.89. The lowest BCUT2D eigenvalue weighted by Gasteiger charge is -1.97. The number of thioether (sulfide) groups is 1. The van der Waals surface area contributed by atoms with Crippen LogP contribution in [0.4, 0.5) is 0 Å². The van der Waals surface area contributed by atoms with Crippen LogP contribution < -0.4 is 5.73 Å². The van der Waals surface area contributed by atoms with Gasteiger partial charge in [-0.2, -0.15) is 0 Å². The molecule has 0 spiro atoms. The van der Waals surface area contributed by atoms with Crippen molar-refractivity contribution in [3.63, 3.8) is 0 Å². The zero-order chi connectivity index (χ0) is 13.8. The molecule has 0 saturated carbocycles. The predicted molar refractivity (Wildman–Crippen MR) is 98.2 cm³/mol. The molecule has 0 aliphatic rings. The zero-order valence-electron chi connectivity index (χ0n) is 9.94. The van der Waals surface area contributed by atoms with Gasteiger partial charge in [0.1, 0.15) is 0 Å². The van der Waals surface area contributed by atoms with Crippen LogP contribution in [0.25, 0.3) is 0 Å². The van der Waals surface area contributed by atoms with Crippen LogP contribution in [0, 0.1) is 5.41 Å². The smallest absolute Gasteiger partial charge is 0.365 e. The molecule has 0 aromatic rings. The highest BCUT2D eigenvalue weighted by Gasteiger charge is 2.06. The first-order chi connectivity index (χ1) is 7.90. The van der Waals surface area contributed by atoms with Crippen LogP contribution in [0.3, 0.4) is 0 Å². The van der Waals surface area contributed by atoms with E-state index in [1.807, 2.05) is 0 Å². The van der Waals surface area contributed by atoms with Crippen molar-refractivity contribution in [2.24, 2.45) is 5.73 Å². The van der Waals surface area contributed by atoms with E-state index in [2.05, 4.69) is 21.7 Å². The molecule has 0 unspecified atom stereocenters. The van der Waals surface area contributed by atoms with Crippen molar-refractivity contribution in [1.29, 1.82) is 5.41 Å². The SMILES string of the molecule is C.C.C.C.CCOC(=O)C(=N)SC.CCOC(=O)C(N)=S. The summed E-state index contributed by atoms with van der Waals surface area (Å²) in [6, 6.07) is 0. The third-order valence-corrected chi connectivity index (χ3v) is 1.88. The molecule has 21 heavy (non-hydrogen) atoms. The molecule has 130 valence electrons. The van der Waals surface area contributed by atoms with Gasteiger partial charge in [0.15, 0.2) is 10.0 Å². The van der Waals surface area contributed by atoms with Crippen molar-refractivity contribution in [2.45, 2.75) is 43.6 Å². The van der Waals surface area contributed by atoms with E-state index in [9.17, 15) is 9.59 Å². The molecule has 0 aliphatic heterocycles. The van der Waals surface area contributed by atoms with Gasteiger partial charge in [-0.25, -0.2) is 9.59 Å². The summed E-state index contributed by atoms with van der Waals surface area (Å²) in [7, 11) is 0. The quantitative estimate of drug-likeness (QED) is 0.343. The van der Waals surface area contributed by atoms with E-state index < -0.39 is 11.9 Å². The Bertz CT molecular complexity index is 298. The van der Waals surface area contributed by atoms with Crippen LogP contribution in [0.5, 0.6) is 0 Å². The minimum absolute atomic E-state index is 0. The second-order valence-corrected chi connectivity index (χ2v) is 3.59. The van der Waals surface area contributed by atoms with Crippen molar-refractivity contribution in [2.75, 3.05) is 19.5 Å². The van der Waals surface area contributed by atoms with Crippen molar-refractivity contribution in [1.82, 2.24) is 0 Å². The first kappa shape index (κ1) is 36.8. The van der Waals surface area contributed by atoms with Gasteiger partial charge in [0.25, 0.3) is 0 Å². The number of carbonyl (C=O) groups is 2. The Morgan fingerprint density at radius 1 is 1.05 bits per heavy atom. The molecular weight excluding hydrogens is 312 g/mol. The second-order valence-electron chi connectivity index (χ2n) is 2.34. The van der Waals surface area contributed by atoms with Gasteiger partial charge in [0.2, 0.25) is 0 Å². The normalized spacial score (nSPS) is 6.81. The molecule has 0 aromatic heterocycles. The van der Waals surface area contributed by atoms with Crippen molar-refractivity contribution >= 4 is 46.0 Å². The maximum atomic E-state index is 10.5. The van der Waals surface area contributed by atoms with Crippen LogP contribution in [0.1, 0.15) is 43.6 Å². The number of ether oxygens (including phenoxy) is 2. The summed E-state index contributed by atoms with van der Waals surface area (Å²) < 4.78 is 8.91. The summed E-state index contributed by atoms with van der Waals surface area (Å²) in [5.74, 6) is -1.15. The summed E-state index contributed by atoms with van der Waals surface area (Å²) in [6.45, 7) is 4.06. The lowest BCUT2D eigenvalue weighted by atomic mass is 10.7. The predicted octanol–water partition coefficient (Wildman–Crippen LogP) is 3.27. The number of thiocarbonyl (C=S) groups is 1. The van der Waals surface area contributed by atoms with E-state index in [4.69, 9.17) is 11.1 Å². The number of nitrogens with one attached hydrogen (secondary N) is 1. The summed E-state index contributed by atoms with van der Waals surface area (Å²) in [4.78, 5) is 20.5. The Morgan fingerprint density at radius 2 is 1.38 bits per heavy atom. The number of hydrogen-bond donors (Lipinski definition) is 2. The minimum Gasteiger partial charge on any atom is -0.461 e. The van der Waals surface area contributed by atoms with Gasteiger partial charge in [0.05, 0.1) is 13.2 Å². The molecule has 0 atom stereocenters. The summed E-state index contributed by atoms with van der Waals surface area (Å²) in [5.41, 5.74) is 4.88. The Labute approximate surface area is 139 Å². The molecule has 0 aliphatic carbocycles. The topological polar surface area (TPSA) is 102 Å². The van der Waals surface area contributed by atoms with E-state index in [0.717, 1.165) is 11.8 Å². The second kappa shape index (κ2) is 23.9. The number of carbonyl (C=O) groups excluding carboxylic acids is 2. The Balaban J connectivity index is -0.0000000452.